The molecule has 1 aliphatic rings. The molecule has 0 amide bonds. The summed E-state index contributed by atoms with van der Waals surface area (Å²) in [5.74, 6) is -1.88. The molecule has 0 aromatic heterocycles. The number of nitrogens with zero attached hydrogens (tertiary/aromatic N) is 1. The summed E-state index contributed by atoms with van der Waals surface area (Å²) in [6.45, 7) is 1.82. The molecule has 1 unspecified atom stereocenters. The Labute approximate surface area is 223 Å². The van der Waals surface area contributed by atoms with Crippen LogP contribution in [-0.4, -0.2) is 17.5 Å². The molecule has 0 saturated heterocycles. The summed E-state index contributed by atoms with van der Waals surface area (Å²) in [7, 11) is 0. The molecule has 0 radical (unpaired) electrons. The van der Waals surface area contributed by atoms with Crippen molar-refractivity contribution in [2.24, 2.45) is 0 Å². The summed E-state index contributed by atoms with van der Waals surface area (Å²) in [4.78, 5) is 26.0. The Morgan fingerprint density at radius 2 is 1.73 bits per heavy atom. The minimum Gasteiger partial charge on any atom is -0.457 e. The van der Waals surface area contributed by atoms with Gasteiger partial charge in [0.25, 0.3) is 0 Å². The summed E-state index contributed by atoms with van der Waals surface area (Å²) in [6.07, 6.45) is 0. The number of benzene rings is 3. The van der Waals surface area contributed by atoms with Crippen molar-refractivity contribution >= 4 is 35.1 Å². The zero-order valence-corrected chi connectivity index (χ0v) is 21.4. The molecule has 1 aliphatic heterocycles. The molecule has 0 spiro atoms. The standard InChI is InChI=1S/C29H22ClFN2O3S/c1-18-26(29(35)36-16-19-5-3-2-4-6-19)27(21-7-11-22(30)12-8-21)24(15-32)28(33-18)37-17-25(34)20-9-13-23(31)14-10-20/h2-14,27,33H,16-17H2,1H3. The molecule has 0 aliphatic carbocycles. The normalized spacial score (nSPS) is 15.1. The third-order valence-corrected chi connectivity index (χ3v) is 7.07. The number of rotatable bonds is 8. The summed E-state index contributed by atoms with van der Waals surface area (Å²) < 4.78 is 18.8. The summed E-state index contributed by atoms with van der Waals surface area (Å²) in [5, 5.41) is 14.3. The fraction of sp³-hybridized carbons (Fsp3) is 0.138. The number of thioether (sulfide) groups is 1. The maximum absolute atomic E-state index is 13.3. The van der Waals surface area contributed by atoms with E-state index < -0.39 is 17.7 Å². The Kier molecular flexibility index (Phi) is 8.44. The molecule has 5 nitrogen and oxygen atoms in total. The second kappa shape index (κ2) is 11.9. The van der Waals surface area contributed by atoms with Gasteiger partial charge in [-0.1, -0.05) is 65.8 Å². The molecule has 1 N–H and O–H groups in total. The van der Waals surface area contributed by atoms with Gasteiger partial charge in [0.1, 0.15) is 12.4 Å². The van der Waals surface area contributed by atoms with Crippen molar-refractivity contribution in [3.05, 3.63) is 128 Å². The Morgan fingerprint density at radius 1 is 1.05 bits per heavy atom. The Hall–Kier alpha value is -3.86. The Balaban J connectivity index is 1.63. The highest BCUT2D eigenvalue weighted by Gasteiger charge is 2.35. The van der Waals surface area contributed by atoms with E-state index in [9.17, 15) is 19.2 Å². The number of Topliss-reactive ketones (excluding diaryl/α,β-unsaturated/α-hetero) is 1. The largest absolute Gasteiger partial charge is 0.457 e. The smallest absolute Gasteiger partial charge is 0.337 e. The first-order valence-corrected chi connectivity index (χ1v) is 12.7. The van der Waals surface area contributed by atoms with Crippen molar-refractivity contribution in [2.45, 2.75) is 19.4 Å². The van der Waals surface area contributed by atoms with Crippen LogP contribution in [0, 0.1) is 17.1 Å². The van der Waals surface area contributed by atoms with Crippen LogP contribution >= 0.6 is 23.4 Å². The van der Waals surface area contributed by atoms with Crippen molar-refractivity contribution in [1.82, 2.24) is 5.32 Å². The first-order chi connectivity index (χ1) is 17.9. The molecular formula is C29H22ClFN2O3S. The number of hydrogen-bond acceptors (Lipinski definition) is 6. The Bertz CT molecular complexity index is 1410. The van der Waals surface area contributed by atoms with Gasteiger partial charge in [-0.2, -0.15) is 5.26 Å². The van der Waals surface area contributed by atoms with E-state index in [1.165, 1.54) is 24.3 Å². The van der Waals surface area contributed by atoms with Crippen LogP contribution in [0.15, 0.2) is 101 Å². The second-order valence-corrected chi connectivity index (χ2v) is 9.71. The lowest BCUT2D eigenvalue weighted by Gasteiger charge is -2.29. The van der Waals surface area contributed by atoms with Crippen LogP contribution in [0.5, 0.6) is 0 Å². The van der Waals surface area contributed by atoms with Gasteiger partial charge in [0.05, 0.1) is 33.9 Å². The lowest BCUT2D eigenvalue weighted by molar-refractivity contribution is -0.140. The van der Waals surface area contributed by atoms with E-state index in [4.69, 9.17) is 16.3 Å². The van der Waals surface area contributed by atoms with Gasteiger partial charge in [0, 0.05) is 16.3 Å². The SMILES string of the molecule is CC1=C(C(=O)OCc2ccccc2)C(c2ccc(Cl)cc2)C(C#N)=C(SCC(=O)c2ccc(F)cc2)N1. The van der Waals surface area contributed by atoms with Gasteiger partial charge in [0.2, 0.25) is 0 Å². The van der Waals surface area contributed by atoms with Crippen LogP contribution in [0.4, 0.5) is 4.39 Å². The number of ketones is 1. The van der Waals surface area contributed by atoms with E-state index in [0.29, 0.717) is 32.4 Å². The Morgan fingerprint density at radius 3 is 2.38 bits per heavy atom. The number of carbonyl (C=O) groups excluding carboxylic acids is 2. The molecular weight excluding hydrogens is 511 g/mol. The van der Waals surface area contributed by atoms with Gasteiger partial charge >= 0.3 is 5.97 Å². The molecule has 3 aromatic carbocycles. The van der Waals surface area contributed by atoms with E-state index in [0.717, 1.165) is 17.3 Å². The highest BCUT2D eigenvalue weighted by Crippen LogP contribution is 2.41. The van der Waals surface area contributed by atoms with Crippen LogP contribution in [0.2, 0.25) is 5.02 Å². The molecule has 3 aromatic rings. The zero-order valence-electron chi connectivity index (χ0n) is 19.8. The molecule has 8 heteroatoms. The number of dihydropyridines is 1. The topological polar surface area (TPSA) is 79.2 Å². The van der Waals surface area contributed by atoms with Gasteiger partial charge in [0.15, 0.2) is 5.78 Å². The number of nitriles is 1. The predicted molar refractivity (Wildman–Crippen MR) is 142 cm³/mol. The van der Waals surface area contributed by atoms with E-state index in [-0.39, 0.29) is 23.7 Å². The molecule has 37 heavy (non-hydrogen) atoms. The predicted octanol–water partition coefficient (Wildman–Crippen LogP) is 6.53. The number of halogens is 2. The average molecular weight is 533 g/mol. The number of ether oxygens (including phenoxy) is 1. The molecule has 1 heterocycles. The number of nitrogens with one attached hydrogen (secondary N) is 1. The van der Waals surface area contributed by atoms with Crippen molar-refractivity contribution in [2.75, 3.05) is 5.75 Å². The maximum Gasteiger partial charge on any atom is 0.337 e. The van der Waals surface area contributed by atoms with E-state index in [1.807, 2.05) is 30.3 Å². The number of hydrogen-bond donors (Lipinski definition) is 1. The van der Waals surface area contributed by atoms with E-state index in [2.05, 4.69) is 11.4 Å². The highest BCUT2D eigenvalue weighted by atomic mass is 35.5. The third kappa shape index (κ3) is 6.29. The van der Waals surface area contributed by atoms with Crippen molar-refractivity contribution in [3.63, 3.8) is 0 Å². The molecule has 0 fully saturated rings. The van der Waals surface area contributed by atoms with Crippen LogP contribution in [-0.2, 0) is 16.1 Å². The van der Waals surface area contributed by atoms with Crippen LogP contribution < -0.4 is 5.32 Å². The van der Waals surface area contributed by atoms with Crippen molar-refractivity contribution in [3.8, 4) is 6.07 Å². The first kappa shape index (κ1) is 26.2. The fourth-order valence-electron chi connectivity index (χ4n) is 3.94. The van der Waals surface area contributed by atoms with E-state index in [1.54, 1.807) is 31.2 Å². The lowest BCUT2D eigenvalue weighted by atomic mass is 9.82. The van der Waals surface area contributed by atoms with Gasteiger partial charge < -0.3 is 10.1 Å². The monoisotopic (exact) mass is 532 g/mol. The molecule has 4 rings (SSSR count). The molecule has 1 atom stereocenters. The fourth-order valence-corrected chi connectivity index (χ4v) is 5.06. The van der Waals surface area contributed by atoms with Crippen LogP contribution in [0.25, 0.3) is 0 Å². The van der Waals surface area contributed by atoms with Gasteiger partial charge in [-0.15, -0.1) is 0 Å². The zero-order chi connectivity index (χ0) is 26.4. The van der Waals surface area contributed by atoms with Crippen molar-refractivity contribution in [1.29, 1.82) is 5.26 Å². The first-order valence-electron chi connectivity index (χ1n) is 11.4. The molecule has 186 valence electrons. The van der Waals surface area contributed by atoms with Gasteiger partial charge in [-0.25, -0.2) is 9.18 Å². The molecule has 0 bridgehead atoms. The number of carbonyl (C=O) groups is 2. The van der Waals surface area contributed by atoms with Gasteiger partial charge in [-0.05, 0) is 54.4 Å². The summed E-state index contributed by atoms with van der Waals surface area (Å²) >= 11 is 7.25. The maximum atomic E-state index is 13.3. The van der Waals surface area contributed by atoms with E-state index >= 15 is 0 Å². The minimum absolute atomic E-state index is 0.0214. The quantitative estimate of drug-likeness (QED) is 0.262. The average Bonchev–Trinajstić information content (AvgIpc) is 2.91. The summed E-state index contributed by atoms with van der Waals surface area (Å²) in [6, 6.07) is 23.8. The summed E-state index contributed by atoms with van der Waals surface area (Å²) in [5.41, 5.74) is 3.02. The number of allylic oxidation sites excluding steroid dienone is 2. The second-order valence-electron chi connectivity index (χ2n) is 8.28. The van der Waals surface area contributed by atoms with Gasteiger partial charge in [-0.3, -0.25) is 4.79 Å². The minimum atomic E-state index is -0.713. The third-order valence-electron chi connectivity index (χ3n) is 5.80. The van der Waals surface area contributed by atoms with Crippen molar-refractivity contribution < 1.29 is 18.7 Å². The molecule has 0 saturated carbocycles. The lowest BCUT2D eigenvalue weighted by Crippen LogP contribution is -2.29. The van der Waals surface area contributed by atoms with Crippen LogP contribution in [0.3, 0.4) is 0 Å². The van der Waals surface area contributed by atoms with Crippen LogP contribution in [0.1, 0.15) is 34.3 Å². The highest BCUT2D eigenvalue weighted by molar-refractivity contribution is 8.03. The number of esters is 1.